The van der Waals surface area contributed by atoms with Crippen LogP contribution in [0.3, 0.4) is 0 Å². The van der Waals surface area contributed by atoms with Crippen LogP contribution >= 0.6 is 0 Å². The Bertz CT molecular complexity index is 839. The third kappa shape index (κ3) is 3.77. The largest absolute Gasteiger partial charge is 0.368 e. The van der Waals surface area contributed by atoms with Gasteiger partial charge < -0.3 is 10.6 Å². The maximum absolute atomic E-state index is 13.7. The molecule has 1 aromatic carbocycles. The predicted molar refractivity (Wildman–Crippen MR) is 99.9 cm³/mol. The van der Waals surface area contributed by atoms with Crippen LogP contribution in [-0.4, -0.2) is 46.5 Å². The van der Waals surface area contributed by atoms with E-state index in [1.807, 2.05) is 11.0 Å². The number of nitrogen functional groups attached to an aromatic ring is 1. The van der Waals surface area contributed by atoms with E-state index in [1.165, 1.54) is 12.1 Å². The van der Waals surface area contributed by atoms with Crippen molar-refractivity contribution in [3.05, 3.63) is 42.0 Å². The lowest BCUT2D eigenvalue weighted by molar-refractivity contribution is -0.134. The van der Waals surface area contributed by atoms with Gasteiger partial charge in [-0.1, -0.05) is 12.1 Å². The second-order valence-corrected chi connectivity index (χ2v) is 7.07. The minimum Gasteiger partial charge on any atom is -0.368 e. The molecule has 2 saturated heterocycles. The van der Waals surface area contributed by atoms with E-state index in [-0.39, 0.29) is 29.6 Å². The molecule has 2 fully saturated rings. The van der Waals surface area contributed by atoms with Gasteiger partial charge in [0, 0.05) is 37.3 Å². The number of carbonyl (C=O) groups is 1. The van der Waals surface area contributed by atoms with Crippen molar-refractivity contribution < 1.29 is 9.18 Å². The third-order valence-electron chi connectivity index (χ3n) is 5.22. The first-order chi connectivity index (χ1) is 13.1. The maximum Gasteiger partial charge on any atom is 0.241 e. The van der Waals surface area contributed by atoms with Crippen LogP contribution in [0.15, 0.2) is 30.5 Å². The Balaban J connectivity index is 1.62. The number of amides is 1. The normalized spacial score (nSPS) is 22.8. The number of aromatic nitrogens is 2. The Morgan fingerprint density at radius 2 is 2.22 bits per heavy atom. The van der Waals surface area contributed by atoms with E-state index in [2.05, 4.69) is 20.8 Å². The van der Waals surface area contributed by atoms with Gasteiger partial charge >= 0.3 is 0 Å². The van der Waals surface area contributed by atoms with Gasteiger partial charge in [0.1, 0.15) is 11.9 Å². The van der Waals surface area contributed by atoms with Gasteiger partial charge in [-0.3, -0.25) is 10.2 Å². The van der Waals surface area contributed by atoms with Crippen LogP contribution in [0.1, 0.15) is 30.9 Å². The zero-order valence-electron chi connectivity index (χ0n) is 15.0. The van der Waals surface area contributed by atoms with E-state index in [1.54, 1.807) is 12.3 Å². The van der Waals surface area contributed by atoms with E-state index < -0.39 is 0 Å². The van der Waals surface area contributed by atoms with E-state index in [4.69, 9.17) is 5.73 Å². The smallest absolute Gasteiger partial charge is 0.241 e. The van der Waals surface area contributed by atoms with Crippen molar-refractivity contribution in [1.29, 1.82) is 0 Å². The summed E-state index contributed by atoms with van der Waals surface area (Å²) in [6, 6.07) is 6.20. The van der Waals surface area contributed by atoms with Crippen molar-refractivity contribution in [2.24, 2.45) is 0 Å². The molecule has 0 bridgehead atoms. The molecule has 142 valence electrons. The summed E-state index contributed by atoms with van der Waals surface area (Å²) in [7, 11) is 0. The molecule has 0 spiro atoms. The summed E-state index contributed by atoms with van der Waals surface area (Å²) >= 11 is 0. The van der Waals surface area contributed by atoms with E-state index in [0.29, 0.717) is 6.54 Å². The van der Waals surface area contributed by atoms with Crippen LogP contribution in [0, 0.1) is 5.82 Å². The van der Waals surface area contributed by atoms with Crippen molar-refractivity contribution in [3.63, 3.8) is 0 Å². The molecule has 0 saturated carbocycles. The fraction of sp³-hybridized carbons (Fsp3) is 0.421. The van der Waals surface area contributed by atoms with Crippen molar-refractivity contribution in [3.8, 4) is 11.1 Å². The third-order valence-corrected chi connectivity index (χ3v) is 5.22. The maximum atomic E-state index is 13.7. The Morgan fingerprint density at radius 1 is 1.33 bits per heavy atom. The molecular formula is C19H23FN6O. The molecule has 2 atom stereocenters. The Morgan fingerprint density at radius 3 is 3.00 bits per heavy atom. The number of carbonyl (C=O) groups excluding carboxylic acids is 1. The summed E-state index contributed by atoms with van der Waals surface area (Å²) in [6.45, 7) is 2.11. The topological polar surface area (TPSA) is 96.2 Å². The van der Waals surface area contributed by atoms with Crippen LogP contribution < -0.4 is 16.6 Å². The van der Waals surface area contributed by atoms with E-state index in [9.17, 15) is 9.18 Å². The van der Waals surface area contributed by atoms with E-state index in [0.717, 1.165) is 49.2 Å². The summed E-state index contributed by atoms with van der Waals surface area (Å²) in [5.41, 5.74) is 14.1. The van der Waals surface area contributed by atoms with Crippen LogP contribution in [-0.2, 0) is 4.79 Å². The summed E-state index contributed by atoms with van der Waals surface area (Å²) in [4.78, 5) is 23.2. The first kappa shape index (κ1) is 17.8. The molecule has 0 radical (unpaired) electrons. The number of anilines is 1. The average Bonchev–Trinajstić information content (AvgIpc) is 3.22. The second kappa shape index (κ2) is 7.58. The zero-order valence-corrected chi connectivity index (χ0v) is 15.0. The van der Waals surface area contributed by atoms with Crippen LogP contribution in [0.25, 0.3) is 11.1 Å². The number of piperidine rings is 1. The summed E-state index contributed by atoms with van der Waals surface area (Å²) in [6.07, 6.45) is 4.23. The number of nitrogens with zero attached hydrogens (tertiary/aromatic N) is 3. The van der Waals surface area contributed by atoms with Crippen LogP contribution in [0.4, 0.5) is 10.3 Å². The van der Waals surface area contributed by atoms with Crippen molar-refractivity contribution in [2.45, 2.75) is 31.2 Å². The van der Waals surface area contributed by atoms with Gasteiger partial charge in [-0.15, -0.1) is 0 Å². The molecule has 2 aliphatic rings. The first-order valence-corrected chi connectivity index (χ1v) is 9.27. The Kier molecular flexibility index (Phi) is 5.00. The van der Waals surface area contributed by atoms with E-state index >= 15 is 0 Å². The molecule has 2 aliphatic heterocycles. The molecule has 4 rings (SSSR count). The minimum atomic E-state index is -0.310. The molecule has 0 aliphatic carbocycles. The van der Waals surface area contributed by atoms with Gasteiger partial charge in [0.25, 0.3) is 0 Å². The SMILES string of the molecule is Nc1ncc(-c2cccc(F)c2)c(C2CCCN(C(=O)C3CCNN3)C2)n1. The Labute approximate surface area is 157 Å². The highest BCUT2D eigenvalue weighted by atomic mass is 19.1. The molecule has 7 nitrogen and oxygen atoms in total. The van der Waals surface area contributed by atoms with Gasteiger partial charge in [-0.25, -0.2) is 19.8 Å². The quantitative estimate of drug-likeness (QED) is 0.757. The standard InChI is InChI=1S/C19H23FN6O/c20-14-5-1-3-12(9-14)15-10-22-19(21)24-17(15)13-4-2-8-26(11-13)18(27)16-6-7-23-25-16/h1,3,5,9-10,13,16,23,25H,2,4,6-8,11H2,(H2,21,22,24). The fourth-order valence-corrected chi connectivity index (χ4v) is 3.89. The molecule has 4 N–H and O–H groups in total. The van der Waals surface area contributed by atoms with Gasteiger partial charge in [-0.2, -0.15) is 0 Å². The zero-order chi connectivity index (χ0) is 18.8. The second-order valence-electron chi connectivity index (χ2n) is 7.07. The Hall–Kier alpha value is -2.58. The highest BCUT2D eigenvalue weighted by molar-refractivity contribution is 5.82. The lowest BCUT2D eigenvalue weighted by Gasteiger charge is -2.34. The molecule has 2 unspecified atom stereocenters. The number of hydrogen-bond acceptors (Lipinski definition) is 6. The first-order valence-electron chi connectivity index (χ1n) is 9.27. The van der Waals surface area contributed by atoms with Crippen molar-refractivity contribution in [2.75, 3.05) is 25.4 Å². The van der Waals surface area contributed by atoms with Gasteiger partial charge in [0.05, 0.1) is 5.69 Å². The summed E-state index contributed by atoms with van der Waals surface area (Å²) in [5, 5.41) is 0. The number of hydrogen-bond donors (Lipinski definition) is 3. The molecule has 3 heterocycles. The lowest BCUT2D eigenvalue weighted by Crippen LogP contribution is -2.48. The lowest BCUT2D eigenvalue weighted by atomic mass is 9.89. The summed E-state index contributed by atoms with van der Waals surface area (Å²) in [5.74, 6) is 0.0328. The molecular weight excluding hydrogens is 347 g/mol. The number of benzene rings is 1. The van der Waals surface area contributed by atoms with Gasteiger partial charge in [0.2, 0.25) is 11.9 Å². The monoisotopic (exact) mass is 370 g/mol. The number of nitrogens with two attached hydrogens (primary N) is 1. The predicted octanol–water partition coefficient (Wildman–Crippen LogP) is 1.44. The molecule has 2 aromatic rings. The summed E-state index contributed by atoms with van der Waals surface area (Å²) < 4.78 is 13.7. The van der Waals surface area contributed by atoms with Gasteiger partial charge in [0.15, 0.2) is 0 Å². The number of nitrogens with one attached hydrogen (secondary N) is 2. The van der Waals surface area contributed by atoms with Gasteiger partial charge in [-0.05, 0) is 37.0 Å². The van der Waals surface area contributed by atoms with Crippen LogP contribution in [0.5, 0.6) is 0 Å². The number of likely N-dealkylation sites (tertiary alicyclic amines) is 1. The highest BCUT2D eigenvalue weighted by Gasteiger charge is 2.32. The highest BCUT2D eigenvalue weighted by Crippen LogP contribution is 2.33. The van der Waals surface area contributed by atoms with Crippen molar-refractivity contribution >= 4 is 11.9 Å². The number of hydrazine groups is 1. The fourth-order valence-electron chi connectivity index (χ4n) is 3.89. The molecule has 27 heavy (non-hydrogen) atoms. The van der Waals surface area contributed by atoms with Crippen LogP contribution in [0.2, 0.25) is 0 Å². The average molecular weight is 370 g/mol. The molecule has 8 heteroatoms. The number of halogens is 1. The number of rotatable bonds is 3. The molecule has 1 amide bonds. The minimum absolute atomic E-state index is 0.0422. The van der Waals surface area contributed by atoms with Crippen molar-refractivity contribution in [1.82, 2.24) is 25.7 Å². The molecule has 1 aromatic heterocycles.